The number of hydrogen-bond acceptors (Lipinski definition) is 3. The summed E-state index contributed by atoms with van der Waals surface area (Å²) in [6.07, 6.45) is 0.336. The number of ether oxygens (including phenoxy) is 1. The van der Waals surface area contributed by atoms with E-state index in [2.05, 4.69) is 10.6 Å². The summed E-state index contributed by atoms with van der Waals surface area (Å²) in [6.45, 7) is 3.12. The summed E-state index contributed by atoms with van der Waals surface area (Å²) in [5.41, 5.74) is 1.59. The Morgan fingerprint density at radius 2 is 1.84 bits per heavy atom. The average Bonchev–Trinajstić information content (AvgIpc) is 2.41. The smallest absolute Gasteiger partial charge is 0.251 e. The van der Waals surface area contributed by atoms with E-state index in [-0.39, 0.29) is 11.8 Å². The van der Waals surface area contributed by atoms with Crippen LogP contribution < -0.4 is 10.6 Å². The minimum absolute atomic E-state index is 0.0769. The molecule has 0 unspecified atom stereocenters. The lowest BCUT2D eigenvalue weighted by Gasteiger charge is -2.08. The Morgan fingerprint density at radius 1 is 1.16 bits per heavy atom. The average molecular weight is 264 g/mol. The minimum Gasteiger partial charge on any atom is -0.384 e. The van der Waals surface area contributed by atoms with Crippen LogP contribution >= 0.6 is 0 Å². The zero-order valence-corrected chi connectivity index (χ0v) is 11.4. The van der Waals surface area contributed by atoms with Gasteiger partial charge in [-0.05, 0) is 18.6 Å². The van der Waals surface area contributed by atoms with Crippen LogP contribution in [0.3, 0.4) is 0 Å². The first kappa shape index (κ1) is 15.2. The van der Waals surface area contributed by atoms with Gasteiger partial charge in [-0.2, -0.15) is 0 Å². The highest BCUT2D eigenvalue weighted by atomic mass is 16.5. The van der Waals surface area contributed by atoms with Crippen molar-refractivity contribution in [2.45, 2.75) is 13.3 Å². The van der Waals surface area contributed by atoms with Crippen LogP contribution in [0.4, 0.5) is 0 Å². The van der Waals surface area contributed by atoms with Gasteiger partial charge in [0.15, 0.2) is 0 Å². The van der Waals surface area contributed by atoms with Gasteiger partial charge in [-0.15, -0.1) is 0 Å². The Morgan fingerprint density at radius 3 is 2.53 bits per heavy atom. The number of hydrogen-bond donors (Lipinski definition) is 2. The van der Waals surface area contributed by atoms with E-state index in [9.17, 15) is 9.59 Å². The predicted molar refractivity (Wildman–Crippen MR) is 73.0 cm³/mol. The van der Waals surface area contributed by atoms with E-state index in [1.807, 2.05) is 25.1 Å². The van der Waals surface area contributed by atoms with Gasteiger partial charge in [0.05, 0.1) is 6.61 Å². The van der Waals surface area contributed by atoms with Crippen molar-refractivity contribution in [3.63, 3.8) is 0 Å². The molecule has 5 heteroatoms. The number of nitrogens with one attached hydrogen (secondary N) is 2. The lowest BCUT2D eigenvalue weighted by atomic mass is 10.1. The zero-order chi connectivity index (χ0) is 14.1. The Hall–Kier alpha value is -1.88. The highest BCUT2D eigenvalue weighted by Crippen LogP contribution is 2.05. The largest absolute Gasteiger partial charge is 0.384 e. The summed E-state index contributed by atoms with van der Waals surface area (Å²) in [7, 11) is 1.55. The molecule has 0 aliphatic rings. The van der Waals surface area contributed by atoms with Crippen molar-refractivity contribution >= 4 is 11.8 Å². The van der Waals surface area contributed by atoms with Crippen LogP contribution in [-0.2, 0) is 9.53 Å². The molecule has 1 rings (SSSR count). The van der Waals surface area contributed by atoms with Crippen molar-refractivity contribution in [1.29, 1.82) is 0 Å². The molecule has 5 nitrogen and oxygen atoms in total. The monoisotopic (exact) mass is 264 g/mol. The molecule has 0 radical (unpaired) electrons. The van der Waals surface area contributed by atoms with Crippen molar-refractivity contribution in [2.75, 3.05) is 26.8 Å². The van der Waals surface area contributed by atoms with Crippen LogP contribution in [0.25, 0.3) is 0 Å². The standard InChI is InChI=1S/C14H20N2O3/c1-11-5-3-4-6-12(11)14(18)16-9-8-15-13(17)7-10-19-2/h3-6H,7-10H2,1-2H3,(H,15,17)(H,16,18). The normalized spacial score (nSPS) is 10.0. The van der Waals surface area contributed by atoms with Crippen molar-refractivity contribution in [2.24, 2.45) is 0 Å². The highest BCUT2D eigenvalue weighted by molar-refractivity contribution is 5.95. The Bertz CT molecular complexity index is 432. The van der Waals surface area contributed by atoms with Gasteiger partial charge in [0.2, 0.25) is 5.91 Å². The molecule has 19 heavy (non-hydrogen) atoms. The Kier molecular flexibility index (Phi) is 6.60. The van der Waals surface area contributed by atoms with Gasteiger partial charge in [-0.25, -0.2) is 0 Å². The van der Waals surface area contributed by atoms with E-state index in [1.54, 1.807) is 13.2 Å². The molecule has 0 aliphatic carbocycles. The van der Waals surface area contributed by atoms with E-state index in [0.29, 0.717) is 31.7 Å². The molecular weight excluding hydrogens is 244 g/mol. The second-order valence-corrected chi connectivity index (χ2v) is 4.16. The molecule has 2 amide bonds. The third-order valence-electron chi connectivity index (χ3n) is 2.66. The maximum atomic E-state index is 11.8. The fourth-order valence-electron chi connectivity index (χ4n) is 1.58. The molecule has 1 aromatic rings. The third kappa shape index (κ3) is 5.52. The SMILES string of the molecule is COCCC(=O)NCCNC(=O)c1ccccc1C. The quantitative estimate of drug-likeness (QED) is 0.718. The molecule has 2 N–H and O–H groups in total. The predicted octanol–water partition coefficient (Wildman–Crippen LogP) is 0.878. The summed E-state index contributed by atoms with van der Waals surface area (Å²) in [5, 5.41) is 5.47. The highest BCUT2D eigenvalue weighted by Gasteiger charge is 2.07. The minimum atomic E-state index is -0.121. The third-order valence-corrected chi connectivity index (χ3v) is 2.66. The molecule has 1 aromatic carbocycles. The molecule has 0 spiro atoms. The van der Waals surface area contributed by atoms with Gasteiger partial charge in [-0.3, -0.25) is 9.59 Å². The molecule has 0 saturated heterocycles. The van der Waals surface area contributed by atoms with Crippen LogP contribution in [0, 0.1) is 6.92 Å². The van der Waals surface area contributed by atoms with Crippen molar-refractivity contribution in [3.05, 3.63) is 35.4 Å². The van der Waals surface area contributed by atoms with Crippen LogP contribution in [0.5, 0.6) is 0 Å². The second-order valence-electron chi connectivity index (χ2n) is 4.16. The molecule has 0 aromatic heterocycles. The van der Waals surface area contributed by atoms with Gasteiger partial charge < -0.3 is 15.4 Å². The van der Waals surface area contributed by atoms with Crippen LogP contribution in [0.1, 0.15) is 22.3 Å². The van der Waals surface area contributed by atoms with Gasteiger partial charge in [-0.1, -0.05) is 18.2 Å². The maximum Gasteiger partial charge on any atom is 0.251 e. The number of aryl methyl sites for hydroxylation is 1. The number of methoxy groups -OCH3 is 1. The molecule has 104 valence electrons. The fraction of sp³-hybridized carbons (Fsp3) is 0.429. The summed E-state index contributed by atoms with van der Waals surface area (Å²) < 4.78 is 4.80. The van der Waals surface area contributed by atoms with Gasteiger partial charge >= 0.3 is 0 Å². The summed E-state index contributed by atoms with van der Waals surface area (Å²) in [6, 6.07) is 7.39. The van der Waals surface area contributed by atoms with E-state index >= 15 is 0 Å². The van der Waals surface area contributed by atoms with E-state index in [1.165, 1.54) is 0 Å². The number of carbonyl (C=O) groups is 2. The molecule has 0 heterocycles. The lowest BCUT2D eigenvalue weighted by molar-refractivity contribution is -0.121. The van der Waals surface area contributed by atoms with Gasteiger partial charge in [0.1, 0.15) is 0 Å². The molecule has 0 saturated carbocycles. The topological polar surface area (TPSA) is 67.4 Å². The van der Waals surface area contributed by atoms with E-state index < -0.39 is 0 Å². The van der Waals surface area contributed by atoms with Gasteiger partial charge in [0.25, 0.3) is 5.91 Å². The second kappa shape index (κ2) is 8.26. The fourth-order valence-corrected chi connectivity index (χ4v) is 1.58. The summed E-state index contributed by atoms with van der Waals surface area (Å²) in [5.74, 6) is -0.198. The summed E-state index contributed by atoms with van der Waals surface area (Å²) in [4.78, 5) is 23.1. The molecule has 0 fully saturated rings. The lowest BCUT2D eigenvalue weighted by Crippen LogP contribution is -2.35. The van der Waals surface area contributed by atoms with Crippen LogP contribution in [0.15, 0.2) is 24.3 Å². The van der Waals surface area contributed by atoms with Crippen LogP contribution in [0.2, 0.25) is 0 Å². The first-order valence-corrected chi connectivity index (χ1v) is 6.24. The molecule has 0 atom stereocenters. The molecular formula is C14H20N2O3. The first-order chi connectivity index (χ1) is 9.15. The van der Waals surface area contributed by atoms with Crippen LogP contribution in [-0.4, -0.2) is 38.6 Å². The Labute approximate surface area is 113 Å². The molecule has 0 bridgehead atoms. The maximum absolute atomic E-state index is 11.8. The number of carbonyl (C=O) groups excluding carboxylic acids is 2. The summed E-state index contributed by atoms with van der Waals surface area (Å²) >= 11 is 0. The first-order valence-electron chi connectivity index (χ1n) is 6.24. The number of rotatable bonds is 7. The Balaban J connectivity index is 2.25. The van der Waals surface area contributed by atoms with Crippen molar-refractivity contribution < 1.29 is 14.3 Å². The van der Waals surface area contributed by atoms with E-state index in [4.69, 9.17) is 4.74 Å². The van der Waals surface area contributed by atoms with E-state index in [0.717, 1.165) is 5.56 Å². The van der Waals surface area contributed by atoms with Crippen molar-refractivity contribution in [3.8, 4) is 0 Å². The number of benzene rings is 1. The van der Waals surface area contributed by atoms with Crippen molar-refractivity contribution in [1.82, 2.24) is 10.6 Å². The number of amides is 2. The molecule has 0 aliphatic heterocycles. The zero-order valence-electron chi connectivity index (χ0n) is 11.4. The van der Waals surface area contributed by atoms with Gasteiger partial charge in [0, 0.05) is 32.2 Å².